The van der Waals surface area contributed by atoms with Crippen LogP contribution in [-0.4, -0.2) is 67.7 Å². The number of aryl methyl sites for hydroxylation is 2. The predicted octanol–water partition coefficient (Wildman–Crippen LogP) is 3.82. The van der Waals surface area contributed by atoms with Crippen molar-refractivity contribution in [1.29, 1.82) is 0 Å². The van der Waals surface area contributed by atoms with Crippen LogP contribution in [0.2, 0.25) is 0 Å². The zero-order chi connectivity index (χ0) is 26.5. The number of nitrogens with one attached hydrogen (secondary N) is 1. The first-order chi connectivity index (χ1) is 17.9. The lowest BCUT2D eigenvalue weighted by Gasteiger charge is -2.35. The molecule has 1 aromatic heterocycles. The number of hydrogen-bond acceptors (Lipinski definition) is 9. The molecule has 0 unspecified atom stereocenters. The Morgan fingerprint density at radius 3 is 2.57 bits per heavy atom. The molecule has 4 rings (SSSR count). The van der Waals surface area contributed by atoms with E-state index < -0.39 is 5.91 Å². The Morgan fingerprint density at radius 2 is 1.92 bits per heavy atom. The van der Waals surface area contributed by atoms with E-state index in [0.717, 1.165) is 39.2 Å². The highest BCUT2D eigenvalue weighted by Crippen LogP contribution is 2.39. The van der Waals surface area contributed by atoms with E-state index in [9.17, 15) is 4.79 Å². The first-order valence-electron chi connectivity index (χ1n) is 12.3. The van der Waals surface area contributed by atoms with Crippen molar-refractivity contribution in [3.63, 3.8) is 0 Å². The number of aromatic nitrogens is 2. The van der Waals surface area contributed by atoms with Crippen molar-refractivity contribution in [3.8, 4) is 28.6 Å². The molecule has 0 spiro atoms. The molecule has 1 aliphatic rings. The minimum Gasteiger partial charge on any atom is -0.497 e. The summed E-state index contributed by atoms with van der Waals surface area (Å²) in [6.07, 6.45) is 0.679. The van der Waals surface area contributed by atoms with E-state index in [2.05, 4.69) is 11.8 Å². The molecule has 1 aliphatic heterocycles. The van der Waals surface area contributed by atoms with E-state index in [4.69, 9.17) is 34.1 Å². The topological polar surface area (TPSA) is 115 Å². The number of hydroxylamine groups is 1. The second-order valence-electron chi connectivity index (χ2n) is 9.14. The summed E-state index contributed by atoms with van der Waals surface area (Å²) in [6, 6.07) is 7.91. The number of morpholine rings is 1. The molecule has 0 bridgehead atoms. The van der Waals surface area contributed by atoms with Gasteiger partial charge in [0.05, 0.1) is 51.0 Å². The van der Waals surface area contributed by atoms with Crippen molar-refractivity contribution in [1.82, 2.24) is 15.4 Å². The number of fused-ring (bicyclic) bond motifs is 1. The quantitative estimate of drug-likeness (QED) is 0.252. The molecule has 3 aromatic rings. The summed E-state index contributed by atoms with van der Waals surface area (Å²) in [5.41, 5.74) is 5.11. The molecule has 37 heavy (non-hydrogen) atoms. The third kappa shape index (κ3) is 5.70. The van der Waals surface area contributed by atoms with Gasteiger partial charge < -0.3 is 23.8 Å². The number of anilines is 1. The molecule has 0 saturated carbocycles. The third-order valence-electron chi connectivity index (χ3n) is 6.45. The second kappa shape index (κ2) is 11.6. The van der Waals surface area contributed by atoms with Crippen LogP contribution in [0, 0.1) is 13.8 Å². The standard InChI is InChI=1S/C27H34N4O6/c1-16-11-19(12-17(2)25(16)37-9-6-7-23(32)30-33)26-28-21-13-20(34-4)14-22(35-5)24(21)27(29-26)31-8-10-36-15-18(31)3/h11-14,18,33H,6-10,15H2,1-5H3,(H,30,32)/t18-/m0/s1. The second-order valence-corrected chi connectivity index (χ2v) is 9.14. The lowest BCUT2D eigenvalue weighted by atomic mass is 10.0. The number of carbonyl (C=O) groups excluding carboxylic acids is 1. The number of methoxy groups -OCH3 is 2. The van der Waals surface area contributed by atoms with Crippen LogP contribution in [0.4, 0.5) is 5.82 Å². The number of benzene rings is 2. The zero-order valence-corrected chi connectivity index (χ0v) is 22.0. The summed E-state index contributed by atoms with van der Waals surface area (Å²) >= 11 is 0. The van der Waals surface area contributed by atoms with E-state index in [1.807, 2.05) is 38.1 Å². The fourth-order valence-electron chi connectivity index (χ4n) is 4.61. The lowest BCUT2D eigenvalue weighted by molar-refractivity contribution is -0.129. The van der Waals surface area contributed by atoms with E-state index in [1.165, 1.54) is 0 Å². The molecule has 1 amide bonds. The van der Waals surface area contributed by atoms with Crippen molar-refractivity contribution in [2.75, 3.05) is 45.5 Å². The van der Waals surface area contributed by atoms with E-state index >= 15 is 0 Å². The smallest absolute Gasteiger partial charge is 0.243 e. The summed E-state index contributed by atoms with van der Waals surface area (Å²) in [5.74, 6) is 3.03. The molecule has 10 nitrogen and oxygen atoms in total. The lowest BCUT2D eigenvalue weighted by Crippen LogP contribution is -2.44. The molecule has 1 saturated heterocycles. The highest BCUT2D eigenvalue weighted by atomic mass is 16.5. The van der Waals surface area contributed by atoms with Crippen LogP contribution in [0.5, 0.6) is 17.2 Å². The first kappa shape index (κ1) is 26.4. The van der Waals surface area contributed by atoms with Crippen LogP contribution in [0.1, 0.15) is 30.9 Å². The van der Waals surface area contributed by atoms with Crippen molar-refractivity contribution in [3.05, 3.63) is 35.4 Å². The molecular weight excluding hydrogens is 476 g/mol. The van der Waals surface area contributed by atoms with Gasteiger partial charge in [0, 0.05) is 30.7 Å². The largest absolute Gasteiger partial charge is 0.497 e. The minimum atomic E-state index is -0.431. The van der Waals surface area contributed by atoms with Crippen molar-refractivity contribution in [2.24, 2.45) is 0 Å². The van der Waals surface area contributed by atoms with Gasteiger partial charge in [0.25, 0.3) is 0 Å². The van der Waals surface area contributed by atoms with Gasteiger partial charge in [-0.25, -0.2) is 15.4 Å². The van der Waals surface area contributed by atoms with Gasteiger partial charge in [-0.15, -0.1) is 0 Å². The molecule has 2 N–H and O–H groups in total. The third-order valence-corrected chi connectivity index (χ3v) is 6.45. The Morgan fingerprint density at radius 1 is 1.16 bits per heavy atom. The molecule has 1 atom stereocenters. The SMILES string of the molecule is COc1cc(OC)c2c(N3CCOC[C@@H]3C)nc(-c3cc(C)c(OCCCC(=O)NO)c(C)c3)nc2c1. The highest BCUT2D eigenvalue weighted by Gasteiger charge is 2.26. The first-order valence-corrected chi connectivity index (χ1v) is 12.3. The highest BCUT2D eigenvalue weighted by molar-refractivity contribution is 5.97. The van der Waals surface area contributed by atoms with Crippen LogP contribution in [-0.2, 0) is 9.53 Å². The maximum absolute atomic E-state index is 11.2. The summed E-state index contributed by atoms with van der Waals surface area (Å²) < 4.78 is 22.9. The Hall–Kier alpha value is -3.63. The van der Waals surface area contributed by atoms with Crippen LogP contribution in [0.15, 0.2) is 24.3 Å². The van der Waals surface area contributed by atoms with Gasteiger partial charge in [-0.05, 0) is 50.5 Å². The Bertz CT molecular complexity index is 1260. The molecule has 198 valence electrons. The summed E-state index contributed by atoms with van der Waals surface area (Å²) in [4.78, 5) is 23.5. The number of rotatable bonds is 9. The Kier molecular flexibility index (Phi) is 8.30. The maximum Gasteiger partial charge on any atom is 0.243 e. The van der Waals surface area contributed by atoms with Gasteiger partial charge in [-0.3, -0.25) is 10.0 Å². The predicted molar refractivity (Wildman–Crippen MR) is 140 cm³/mol. The number of ether oxygens (including phenoxy) is 4. The fourth-order valence-corrected chi connectivity index (χ4v) is 4.61. The number of hydrogen-bond donors (Lipinski definition) is 2. The monoisotopic (exact) mass is 510 g/mol. The Labute approximate surface area is 216 Å². The molecular formula is C27H34N4O6. The van der Waals surface area contributed by atoms with E-state index in [0.29, 0.717) is 50.1 Å². The number of nitrogens with zero attached hydrogens (tertiary/aromatic N) is 3. The minimum absolute atomic E-state index is 0.138. The molecule has 2 heterocycles. The molecule has 2 aromatic carbocycles. The molecule has 10 heteroatoms. The van der Waals surface area contributed by atoms with Crippen LogP contribution in [0.25, 0.3) is 22.3 Å². The van der Waals surface area contributed by atoms with Gasteiger partial charge in [-0.1, -0.05) is 0 Å². The maximum atomic E-state index is 11.2. The van der Waals surface area contributed by atoms with Crippen LogP contribution >= 0.6 is 0 Å². The van der Waals surface area contributed by atoms with Gasteiger partial charge in [0.15, 0.2) is 5.82 Å². The number of carbonyl (C=O) groups is 1. The van der Waals surface area contributed by atoms with Crippen molar-refractivity contribution in [2.45, 2.75) is 39.7 Å². The van der Waals surface area contributed by atoms with E-state index in [-0.39, 0.29) is 12.5 Å². The molecule has 0 aliphatic carbocycles. The van der Waals surface area contributed by atoms with Gasteiger partial charge in [0.2, 0.25) is 5.91 Å². The fraction of sp³-hybridized carbons (Fsp3) is 0.444. The summed E-state index contributed by atoms with van der Waals surface area (Å²) in [6.45, 7) is 8.38. The zero-order valence-electron chi connectivity index (χ0n) is 22.0. The van der Waals surface area contributed by atoms with Crippen molar-refractivity contribution < 1.29 is 28.9 Å². The number of amides is 1. The average Bonchev–Trinajstić information content (AvgIpc) is 2.90. The van der Waals surface area contributed by atoms with Gasteiger partial charge in [0.1, 0.15) is 23.1 Å². The summed E-state index contributed by atoms with van der Waals surface area (Å²) in [7, 11) is 3.26. The van der Waals surface area contributed by atoms with Crippen LogP contribution in [0.3, 0.4) is 0 Å². The van der Waals surface area contributed by atoms with E-state index in [1.54, 1.807) is 19.7 Å². The molecule has 1 fully saturated rings. The van der Waals surface area contributed by atoms with Crippen LogP contribution < -0.4 is 24.6 Å². The average molecular weight is 511 g/mol. The van der Waals surface area contributed by atoms with Gasteiger partial charge in [-0.2, -0.15) is 0 Å². The molecule has 0 radical (unpaired) electrons. The summed E-state index contributed by atoms with van der Waals surface area (Å²) in [5, 5.41) is 9.48. The van der Waals surface area contributed by atoms with Gasteiger partial charge >= 0.3 is 0 Å². The normalized spacial score (nSPS) is 15.5. The van der Waals surface area contributed by atoms with Crippen molar-refractivity contribution >= 4 is 22.6 Å². The Balaban J connectivity index is 1.76.